The third-order valence-corrected chi connectivity index (χ3v) is 2.74. The van der Waals surface area contributed by atoms with E-state index in [1.165, 1.54) is 21.3 Å². The number of hydrogen-bond donors (Lipinski definition) is 1. The molecule has 1 N–H and O–H groups in total. The van der Waals surface area contributed by atoms with Gasteiger partial charge in [-0.05, 0) is 5.56 Å². The van der Waals surface area contributed by atoms with Gasteiger partial charge in [0.05, 0.1) is 14.2 Å². The van der Waals surface area contributed by atoms with Gasteiger partial charge in [-0.15, -0.1) is 0 Å². The molecule has 1 unspecified atom stereocenters. The van der Waals surface area contributed by atoms with E-state index in [1.807, 2.05) is 0 Å². The van der Waals surface area contributed by atoms with Crippen LogP contribution < -0.4 is 5.32 Å². The van der Waals surface area contributed by atoms with Crippen molar-refractivity contribution in [2.75, 3.05) is 27.8 Å². The van der Waals surface area contributed by atoms with Gasteiger partial charge in [-0.3, -0.25) is 4.79 Å². The minimum absolute atomic E-state index is 0.229. The van der Waals surface area contributed by atoms with E-state index >= 15 is 0 Å². The van der Waals surface area contributed by atoms with Gasteiger partial charge in [-0.25, -0.2) is 9.59 Å². The van der Waals surface area contributed by atoms with Gasteiger partial charge in [0.25, 0.3) is 0 Å². The first-order valence-corrected chi connectivity index (χ1v) is 6.20. The number of ether oxygens (including phenoxy) is 2. The van der Waals surface area contributed by atoms with Crippen molar-refractivity contribution in [3.8, 4) is 0 Å². The summed E-state index contributed by atoms with van der Waals surface area (Å²) in [7, 11) is 3.88. The van der Waals surface area contributed by atoms with E-state index in [-0.39, 0.29) is 6.54 Å². The smallest absolute Gasteiger partial charge is 0.409 e. The molecule has 7 nitrogen and oxygen atoms in total. The number of esters is 1. The second kappa shape index (κ2) is 7.88. The lowest BCUT2D eigenvalue weighted by Gasteiger charge is -2.19. The zero-order valence-corrected chi connectivity index (χ0v) is 12.2. The summed E-state index contributed by atoms with van der Waals surface area (Å²) in [6.07, 6.45) is -0.639. The van der Waals surface area contributed by atoms with Gasteiger partial charge in [0, 0.05) is 7.05 Å². The summed E-state index contributed by atoms with van der Waals surface area (Å²) in [5.74, 6) is -1.09. The molecule has 2 amide bonds. The number of rotatable bonds is 5. The van der Waals surface area contributed by atoms with Crippen LogP contribution in [0.5, 0.6) is 0 Å². The van der Waals surface area contributed by atoms with Crippen LogP contribution in [0.2, 0.25) is 0 Å². The first kappa shape index (κ1) is 16.5. The van der Waals surface area contributed by atoms with Crippen LogP contribution in [-0.4, -0.2) is 50.7 Å². The van der Waals surface area contributed by atoms with Crippen LogP contribution in [0.3, 0.4) is 0 Å². The normalized spacial score (nSPS) is 11.2. The topological polar surface area (TPSA) is 84.9 Å². The molecule has 0 radical (unpaired) electrons. The van der Waals surface area contributed by atoms with E-state index in [2.05, 4.69) is 14.8 Å². The zero-order valence-electron chi connectivity index (χ0n) is 12.2. The molecule has 7 heteroatoms. The molecule has 21 heavy (non-hydrogen) atoms. The molecule has 114 valence electrons. The van der Waals surface area contributed by atoms with Crippen molar-refractivity contribution in [2.24, 2.45) is 0 Å². The fraction of sp³-hybridized carbons (Fsp3) is 0.357. The summed E-state index contributed by atoms with van der Waals surface area (Å²) >= 11 is 0. The Kier molecular flexibility index (Phi) is 6.19. The Morgan fingerprint density at radius 3 is 2.29 bits per heavy atom. The quantitative estimate of drug-likeness (QED) is 0.809. The first-order chi connectivity index (χ1) is 9.99. The molecule has 0 spiro atoms. The predicted molar refractivity (Wildman–Crippen MR) is 74.4 cm³/mol. The summed E-state index contributed by atoms with van der Waals surface area (Å²) in [5, 5.41) is 2.53. The average molecular weight is 294 g/mol. The Hall–Kier alpha value is -2.57. The van der Waals surface area contributed by atoms with Crippen LogP contribution >= 0.6 is 0 Å². The standard InChI is InChI=1S/C14H18N2O5/c1-16(14(19)21-3)9-11(17)15-12(13(18)20-2)10-7-5-4-6-8-10/h4-8,12H,9H2,1-3H3,(H,15,17). The number of benzene rings is 1. The van der Waals surface area contributed by atoms with Crippen molar-refractivity contribution in [3.05, 3.63) is 35.9 Å². The number of methoxy groups -OCH3 is 2. The number of hydrogen-bond acceptors (Lipinski definition) is 5. The molecule has 0 saturated carbocycles. The van der Waals surface area contributed by atoms with Gasteiger partial charge in [-0.1, -0.05) is 30.3 Å². The predicted octanol–water partition coefficient (Wildman–Crippen LogP) is 0.715. The van der Waals surface area contributed by atoms with E-state index in [0.717, 1.165) is 4.90 Å². The Morgan fingerprint density at radius 2 is 1.76 bits per heavy atom. The number of nitrogens with one attached hydrogen (secondary N) is 1. The highest BCUT2D eigenvalue weighted by atomic mass is 16.5. The maximum atomic E-state index is 11.9. The minimum atomic E-state index is -0.922. The van der Waals surface area contributed by atoms with Crippen molar-refractivity contribution < 1.29 is 23.9 Å². The molecule has 0 aliphatic heterocycles. The maximum Gasteiger partial charge on any atom is 0.409 e. The molecule has 0 aliphatic rings. The fourth-order valence-electron chi connectivity index (χ4n) is 1.68. The van der Waals surface area contributed by atoms with Crippen molar-refractivity contribution in [2.45, 2.75) is 6.04 Å². The van der Waals surface area contributed by atoms with E-state index in [4.69, 9.17) is 0 Å². The van der Waals surface area contributed by atoms with E-state index in [1.54, 1.807) is 30.3 Å². The van der Waals surface area contributed by atoms with Gasteiger partial charge in [0.15, 0.2) is 6.04 Å². The van der Waals surface area contributed by atoms with Crippen molar-refractivity contribution in [3.63, 3.8) is 0 Å². The number of nitrogens with zero attached hydrogens (tertiary/aromatic N) is 1. The molecule has 0 bridgehead atoms. The number of carbonyl (C=O) groups is 3. The average Bonchev–Trinajstić information content (AvgIpc) is 2.51. The Morgan fingerprint density at radius 1 is 1.14 bits per heavy atom. The number of carbonyl (C=O) groups excluding carboxylic acids is 3. The maximum absolute atomic E-state index is 11.9. The molecule has 0 fully saturated rings. The van der Waals surface area contributed by atoms with Gasteiger partial charge in [0.2, 0.25) is 5.91 Å². The number of likely N-dealkylation sites (N-methyl/N-ethyl adjacent to an activating group) is 1. The molecule has 1 aromatic rings. The molecule has 0 aromatic heterocycles. The van der Waals surface area contributed by atoms with Crippen LogP contribution in [0.15, 0.2) is 30.3 Å². The van der Waals surface area contributed by atoms with Crippen LogP contribution in [-0.2, 0) is 19.1 Å². The lowest BCUT2D eigenvalue weighted by atomic mass is 10.1. The monoisotopic (exact) mass is 294 g/mol. The zero-order chi connectivity index (χ0) is 15.8. The van der Waals surface area contributed by atoms with Gasteiger partial charge in [0.1, 0.15) is 6.54 Å². The Labute approximate surface area is 122 Å². The Bertz CT molecular complexity index is 503. The second-order valence-electron chi connectivity index (χ2n) is 4.26. The largest absolute Gasteiger partial charge is 0.467 e. The van der Waals surface area contributed by atoms with Gasteiger partial charge in [-0.2, -0.15) is 0 Å². The summed E-state index contributed by atoms with van der Waals surface area (Å²) in [6.45, 7) is -0.229. The molecule has 1 aromatic carbocycles. The van der Waals surface area contributed by atoms with E-state index < -0.39 is 24.0 Å². The first-order valence-electron chi connectivity index (χ1n) is 6.20. The molecule has 1 rings (SSSR count). The molecule has 1 atom stereocenters. The molecule has 0 heterocycles. The summed E-state index contributed by atoms with van der Waals surface area (Å²) in [5.41, 5.74) is 0.596. The Balaban J connectivity index is 2.76. The van der Waals surface area contributed by atoms with Crippen molar-refractivity contribution >= 4 is 18.0 Å². The third-order valence-electron chi connectivity index (χ3n) is 2.74. The van der Waals surface area contributed by atoms with Crippen LogP contribution in [0, 0.1) is 0 Å². The highest BCUT2D eigenvalue weighted by Crippen LogP contribution is 2.14. The van der Waals surface area contributed by atoms with Gasteiger partial charge >= 0.3 is 12.1 Å². The van der Waals surface area contributed by atoms with Crippen molar-refractivity contribution in [1.29, 1.82) is 0 Å². The fourth-order valence-corrected chi connectivity index (χ4v) is 1.68. The van der Waals surface area contributed by atoms with E-state index in [0.29, 0.717) is 5.56 Å². The second-order valence-corrected chi connectivity index (χ2v) is 4.26. The van der Waals surface area contributed by atoms with E-state index in [9.17, 15) is 14.4 Å². The lowest BCUT2D eigenvalue weighted by Crippen LogP contribution is -2.42. The summed E-state index contributed by atoms with van der Waals surface area (Å²) < 4.78 is 9.17. The third kappa shape index (κ3) is 4.79. The van der Waals surface area contributed by atoms with Crippen LogP contribution in [0.25, 0.3) is 0 Å². The molecule has 0 aliphatic carbocycles. The van der Waals surface area contributed by atoms with Crippen LogP contribution in [0.4, 0.5) is 4.79 Å². The minimum Gasteiger partial charge on any atom is -0.467 e. The van der Waals surface area contributed by atoms with Crippen molar-refractivity contribution in [1.82, 2.24) is 10.2 Å². The lowest BCUT2D eigenvalue weighted by molar-refractivity contribution is -0.145. The van der Waals surface area contributed by atoms with Crippen LogP contribution in [0.1, 0.15) is 11.6 Å². The molecule has 0 saturated heterocycles. The summed E-state index contributed by atoms with van der Waals surface area (Å²) in [6, 6.07) is 7.77. The highest BCUT2D eigenvalue weighted by molar-refractivity contribution is 5.87. The van der Waals surface area contributed by atoms with Gasteiger partial charge < -0.3 is 19.7 Å². The summed E-state index contributed by atoms with van der Waals surface area (Å²) in [4.78, 5) is 36.0. The SMILES string of the molecule is COC(=O)C(NC(=O)CN(C)C(=O)OC)c1ccccc1. The molecular weight excluding hydrogens is 276 g/mol. The molecular formula is C14H18N2O5. The number of amides is 2. The highest BCUT2D eigenvalue weighted by Gasteiger charge is 2.24.